The maximum Gasteiger partial charge on any atom is 0.0532 e. The molecule has 0 amide bonds. The van der Waals surface area contributed by atoms with Crippen molar-refractivity contribution in [1.29, 1.82) is 0 Å². The molecule has 0 saturated carbocycles. The molecule has 1 aromatic rings. The van der Waals surface area contributed by atoms with Gasteiger partial charge in [0.25, 0.3) is 0 Å². The molecular weight excluding hydrogens is 336 g/mol. The first-order chi connectivity index (χ1) is 6.85. The number of hydrogen-bond donors (Lipinski definition) is 0. The van der Waals surface area contributed by atoms with Crippen molar-refractivity contribution in [1.82, 2.24) is 0 Å². The summed E-state index contributed by atoms with van der Waals surface area (Å²) in [6.45, 7) is 6.52. The molecular formula is C12H12Br2S. The molecule has 0 bridgehead atoms. The molecule has 15 heavy (non-hydrogen) atoms. The van der Waals surface area contributed by atoms with E-state index in [9.17, 15) is 0 Å². The number of rotatable bonds is 1. The topological polar surface area (TPSA) is 0 Å². The van der Waals surface area contributed by atoms with E-state index in [1.54, 1.807) is 11.8 Å². The summed E-state index contributed by atoms with van der Waals surface area (Å²) in [6.07, 6.45) is 5.53. The van der Waals surface area contributed by atoms with Gasteiger partial charge in [-0.15, -0.1) is 18.2 Å². The lowest BCUT2D eigenvalue weighted by Crippen LogP contribution is -2.07. The van der Waals surface area contributed by atoms with Crippen LogP contribution >= 0.6 is 43.6 Å². The van der Waals surface area contributed by atoms with Crippen molar-refractivity contribution in [2.75, 3.05) is 0 Å². The minimum atomic E-state index is 0.148. The van der Waals surface area contributed by atoms with E-state index in [1.807, 2.05) is 12.1 Å². The Hall–Kier alpha value is 0.0900. The molecule has 0 aliphatic carbocycles. The van der Waals surface area contributed by atoms with Crippen LogP contribution in [0.15, 0.2) is 26.0 Å². The van der Waals surface area contributed by atoms with Gasteiger partial charge in [0.15, 0.2) is 0 Å². The lowest BCUT2D eigenvalue weighted by molar-refractivity contribution is 0.802. The Morgan fingerprint density at radius 3 is 2.20 bits per heavy atom. The van der Waals surface area contributed by atoms with Gasteiger partial charge in [0, 0.05) is 18.6 Å². The maximum absolute atomic E-state index is 5.53. The van der Waals surface area contributed by atoms with Crippen molar-refractivity contribution < 1.29 is 0 Å². The summed E-state index contributed by atoms with van der Waals surface area (Å²) in [5.74, 6) is 2.73. The molecule has 1 rings (SSSR count). The third-order valence-electron chi connectivity index (χ3n) is 1.61. The first-order valence-corrected chi connectivity index (χ1v) is 6.89. The van der Waals surface area contributed by atoms with Gasteiger partial charge in [0.05, 0.1) is 5.56 Å². The highest BCUT2D eigenvalue weighted by atomic mass is 79.9. The van der Waals surface area contributed by atoms with Gasteiger partial charge in [0.2, 0.25) is 0 Å². The summed E-state index contributed by atoms with van der Waals surface area (Å²) in [5.41, 5.74) is 0.921. The lowest BCUT2D eigenvalue weighted by atomic mass is 10.2. The number of benzene rings is 1. The summed E-state index contributed by atoms with van der Waals surface area (Å²) in [4.78, 5) is 1.12. The van der Waals surface area contributed by atoms with E-state index in [1.165, 1.54) is 0 Å². The largest absolute Gasteiger partial charge is 0.118 e. The standard InChI is InChI=1S/C12H12Br2S/c1-5-8-9(13)6-7-10(14)11(8)15-12(2,3)4/h1,6-7H,2-4H3. The van der Waals surface area contributed by atoms with Crippen LogP contribution in [0.3, 0.4) is 0 Å². The average molecular weight is 348 g/mol. The highest BCUT2D eigenvalue weighted by Crippen LogP contribution is 2.40. The van der Waals surface area contributed by atoms with Crippen LogP contribution in [-0.4, -0.2) is 4.75 Å². The smallest absolute Gasteiger partial charge is 0.0532 e. The molecule has 0 aromatic heterocycles. The molecule has 0 atom stereocenters. The Labute approximate surface area is 112 Å². The minimum Gasteiger partial charge on any atom is -0.118 e. The van der Waals surface area contributed by atoms with Crippen LogP contribution < -0.4 is 0 Å². The van der Waals surface area contributed by atoms with Crippen LogP contribution in [0.4, 0.5) is 0 Å². The molecule has 0 saturated heterocycles. The molecule has 0 aliphatic rings. The van der Waals surface area contributed by atoms with Crippen LogP contribution in [0.5, 0.6) is 0 Å². The fourth-order valence-electron chi connectivity index (χ4n) is 1.07. The van der Waals surface area contributed by atoms with E-state index in [0.717, 1.165) is 19.4 Å². The Morgan fingerprint density at radius 1 is 1.20 bits per heavy atom. The van der Waals surface area contributed by atoms with Gasteiger partial charge in [-0.2, -0.15) is 0 Å². The van der Waals surface area contributed by atoms with Gasteiger partial charge in [0.1, 0.15) is 0 Å². The van der Waals surface area contributed by atoms with Crippen LogP contribution in [-0.2, 0) is 0 Å². The van der Waals surface area contributed by atoms with Crippen LogP contribution in [0.1, 0.15) is 26.3 Å². The first kappa shape index (κ1) is 13.2. The van der Waals surface area contributed by atoms with E-state index in [4.69, 9.17) is 6.42 Å². The van der Waals surface area contributed by atoms with Crippen LogP contribution in [0.2, 0.25) is 0 Å². The van der Waals surface area contributed by atoms with Crippen molar-refractivity contribution in [3.63, 3.8) is 0 Å². The van der Waals surface area contributed by atoms with Crippen molar-refractivity contribution >= 4 is 43.6 Å². The van der Waals surface area contributed by atoms with Gasteiger partial charge in [-0.1, -0.05) is 26.7 Å². The second-order valence-corrected chi connectivity index (χ2v) is 7.64. The maximum atomic E-state index is 5.53. The molecule has 1 aromatic carbocycles. The van der Waals surface area contributed by atoms with Crippen molar-refractivity contribution in [2.24, 2.45) is 0 Å². The van der Waals surface area contributed by atoms with Crippen molar-refractivity contribution in [3.05, 3.63) is 26.6 Å². The van der Waals surface area contributed by atoms with Gasteiger partial charge >= 0.3 is 0 Å². The zero-order chi connectivity index (χ0) is 11.6. The van der Waals surface area contributed by atoms with E-state index in [2.05, 4.69) is 58.6 Å². The second-order valence-electron chi connectivity index (χ2n) is 4.09. The van der Waals surface area contributed by atoms with E-state index in [-0.39, 0.29) is 4.75 Å². The van der Waals surface area contributed by atoms with Gasteiger partial charge < -0.3 is 0 Å². The third-order valence-corrected chi connectivity index (χ3v) is 4.44. The van der Waals surface area contributed by atoms with Crippen LogP contribution in [0.25, 0.3) is 0 Å². The number of thioether (sulfide) groups is 1. The van der Waals surface area contributed by atoms with E-state index < -0.39 is 0 Å². The SMILES string of the molecule is C#Cc1c(Br)ccc(Br)c1SC(C)(C)C. The van der Waals surface area contributed by atoms with Crippen LogP contribution in [0, 0.1) is 12.3 Å². The molecule has 0 N–H and O–H groups in total. The van der Waals surface area contributed by atoms with Gasteiger partial charge in [-0.25, -0.2) is 0 Å². The molecule has 0 heterocycles. The summed E-state index contributed by atoms with van der Waals surface area (Å²) >= 11 is 8.78. The summed E-state index contributed by atoms with van der Waals surface area (Å²) in [6, 6.07) is 3.98. The highest BCUT2D eigenvalue weighted by molar-refractivity contribution is 9.11. The predicted octanol–water partition coefficient (Wildman–Crippen LogP) is 5.08. The lowest BCUT2D eigenvalue weighted by Gasteiger charge is -2.20. The molecule has 0 unspecified atom stereocenters. The zero-order valence-corrected chi connectivity index (χ0v) is 12.9. The Bertz CT molecular complexity index is 411. The van der Waals surface area contributed by atoms with Gasteiger partial charge in [-0.3, -0.25) is 0 Å². The number of hydrogen-bond acceptors (Lipinski definition) is 1. The monoisotopic (exact) mass is 346 g/mol. The first-order valence-electron chi connectivity index (χ1n) is 4.49. The zero-order valence-electron chi connectivity index (χ0n) is 8.90. The highest BCUT2D eigenvalue weighted by Gasteiger charge is 2.18. The predicted molar refractivity (Wildman–Crippen MR) is 75.4 cm³/mol. The summed E-state index contributed by atoms with van der Waals surface area (Å²) < 4.78 is 2.17. The fraction of sp³-hybridized carbons (Fsp3) is 0.333. The Kier molecular flexibility index (Phi) is 4.34. The summed E-state index contributed by atoms with van der Waals surface area (Å²) in [5, 5.41) is 0. The number of terminal acetylenes is 1. The van der Waals surface area contributed by atoms with Gasteiger partial charge in [-0.05, 0) is 44.0 Å². The van der Waals surface area contributed by atoms with Crippen molar-refractivity contribution in [3.8, 4) is 12.3 Å². The minimum absolute atomic E-state index is 0.148. The Balaban J connectivity index is 3.28. The molecule has 0 radical (unpaired) electrons. The summed E-state index contributed by atoms with van der Waals surface area (Å²) in [7, 11) is 0. The normalized spacial score (nSPS) is 11.2. The van der Waals surface area contributed by atoms with E-state index >= 15 is 0 Å². The molecule has 0 nitrogen and oxygen atoms in total. The average Bonchev–Trinajstić information content (AvgIpc) is 2.10. The molecule has 0 spiro atoms. The molecule has 80 valence electrons. The second kappa shape index (κ2) is 4.95. The molecule has 3 heteroatoms. The Morgan fingerprint density at radius 2 is 1.73 bits per heavy atom. The fourth-order valence-corrected chi connectivity index (χ4v) is 3.27. The number of halogens is 2. The molecule has 0 fully saturated rings. The van der Waals surface area contributed by atoms with E-state index in [0.29, 0.717) is 0 Å². The molecule has 0 aliphatic heterocycles. The quantitative estimate of drug-likeness (QED) is 0.504. The van der Waals surface area contributed by atoms with Crippen molar-refractivity contribution in [2.45, 2.75) is 30.4 Å². The third kappa shape index (κ3) is 3.55.